The van der Waals surface area contributed by atoms with Crippen molar-refractivity contribution in [3.05, 3.63) is 201 Å². The average Bonchev–Trinajstić information content (AvgIpc) is 3.67. The first-order valence-electron chi connectivity index (χ1n) is 22.8. The molecule has 9 rings (SSSR count). The Morgan fingerprint density at radius 1 is 0.968 bits per heavy atom. The van der Waals surface area contributed by atoms with Crippen molar-refractivity contribution in [1.82, 2.24) is 15.2 Å². The van der Waals surface area contributed by atoms with Crippen LogP contribution in [-0.2, 0) is 0 Å². The first-order valence-corrected chi connectivity index (χ1v) is 22.8. The van der Waals surface area contributed by atoms with Crippen molar-refractivity contribution in [3.63, 3.8) is 0 Å². The van der Waals surface area contributed by atoms with Gasteiger partial charge in [-0.05, 0) is 135 Å². The van der Waals surface area contributed by atoms with Crippen molar-refractivity contribution >= 4 is 34.8 Å². The number of nitrogens with zero attached hydrogens (tertiary/aromatic N) is 3. The van der Waals surface area contributed by atoms with Crippen LogP contribution < -0.4 is 21.2 Å². The van der Waals surface area contributed by atoms with E-state index in [1.54, 1.807) is 0 Å². The summed E-state index contributed by atoms with van der Waals surface area (Å²) in [5.41, 5.74) is 14.1. The number of para-hydroxylation sites is 2. The van der Waals surface area contributed by atoms with Crippen molar-refractivity contribution in [2.75, 3.05) is 6.54 Å². The number of rotatable bonds is 12. The van der Waals surface area contributed by atoms with E-state index in [0.717, 1.165) is 74.8 Å². The van der Waals surface area contributed by atoms with Gasteiger partial charge in [-0.25, -0.2) is 0 Å². The Labute approximate surface area is 367 Å². The Kier molecular flexibility index (Phi) is 12.5. The molecule has 1 aromatic heterocycles. The zero-order chi connectivity index (χ0) is 42.3. The average molecular weight is 812 g/mol. The van der Waals surface area contributed by atoms with E-state index in [1.165, 1.54) is 66.4 Å². The molecule has 4 aromatic rings. The molecule has 5 heteroatoms. The maximum absolute atomic E-state index is 10.4. The Balaban J connectivity index is 0.931. The molecule has 3 aromatic carbocycles. The lowest BCUT2D eigenvalue weighted by atomic mass is 9.84. The van der Waals surface area contributed by atoms with Gasteiger partial charge in [0.15, 0.2) is 0 Å². The van der Waals surface area contributed by atoms with Gasteiger partial charge in [0.25, 0.3) is 0 Å². The lowest BCUT2D eigenvalue weighted by molar-refractivity contribution is 0.552. The first-order chi connectivity index (χ1) is 30.6. The summed E-state index contributed by atoms with van der Waals surface area (Å²) in [5.74, 6) is 0.973. The maximum atomic E-state index is 10.4. The van der Waals surface area contributed by atoms with Gasteiger partial charge in [-0.2, -0.15) is 5.26 Å². The molecule has 1 aliphatic heterocycles. The number of hydrogen-bond acceptors (Lipinski definition) is 4. The SMILES string of the molecule is C/C=C(CC)/C(=C/C[C@H]1C=CNCC1)N=CC1=C(C#N)CC(c2cccc(C3=C(NC4=CC(C5C=c6c(n(-c7ccccc7)c7ccccc67)=CC5)=CCC4)C=CCC3)c2)C=C1. The van der Waals surface area contributed by atoms with E-state index in [0.29, 0.717) is 18.3 Å². The molecule has 2 N–H and O–H groups in total. The predicted molar refractivity (Wildman–Crippen MR) is 259 cm³/mol. The second kappa shape index (κ2) is 19.0. The Morgan fingerprint density at radius 2 is 1.85 bits per heavy atom. The molecule has 310 valence electrons. The fourth-order valence-electron chi connectivity index (χ4n) is 9.79. The number of nitriles is 1. The number of benzene rings is 3. The number of nitrogens with one attached hydrogen (secondary N) is 2. The minimum absolute atomic E-state index is 0.126. The van der Waals surface area contributed by atoms with Crippen LogP contribution in [0.15, 0.2) is 184 Å². The quantitative estimate of drug-likeness (QED) is 0.111. The molecule has 0 fully saturated rings. The van der Waals surface area contributed by atoms with Crippen LogP contribution in [-0.4, -0.2) is 17.3 Å². The molecule has 2 unspecified atom stereocenters. The van der Waals surface area contributed by atoms with Gasteiger partial charge in [-0.1, -0.05) is 122 Å². The summed E-state index contributed by atoms with van der Waals surface area (Å²) in [7, 11) is 0. The molecule has 4 aliphatic carbocycles. The minimum atomic E-state index is 0.126. The molecule has 0 bridgehead atoms. The monoisotopic (exact) mass is 811 g/mol. The van der Waals surface area contributed by atoms with Crippen molar-refractivity contribution in [1.29, 1.82) is 5.26 Å². The van der Waals surface area contributed by atoms with E-state index in [-0.39, 0.29) is 5.92 Å². The summed E-state index contributed by atoms with van der Waals surface area (Å²) in [4.78, 5) is 5.00. The molecular weight excluding hydrogens is 755 g/mol. The number of aliphatic imine (C=N–C) groups is 1. The number of hydrogen-bond donors (Lipinski definition) is 2. The predicted octanol–water partition coefficient (Wildman–Crippen LogP) is 11.9. The third kappa shape index (κ3) is 8.74. The molecule has 3 atom stereocenters. The van der Waals surface area contributed by atoms with Gasteiger partial charge in [0, 0.05) is 68.8 Å². The van der Waals surface area contributed by atoms with Crippen molar-refractivity contribution in [2.45, 2.75) is 77.6 Å². The molecule has 62 heavy (non-hydrogen) atoms. The van der Waals surface area contributed by atoms with Gasteiger partial charge in [0.1, 0.15) is 0 Å². The van der Waals surface area contributed by atoms with Crippen LogP contribution in [0, 0.1) is 23.2 Å². The van der Waals surface area contributed by atoms with Crippen LogP contribution >= 0.6 is 0 Å². The summed E-state index contributed by atoms with van der Waals surface area (Å²) in [5, 5.41) is 21.5. The third-order valence-corrected chi connectivity index (χ3v) is 13.2. The normalized spacial score (nSPS) is 21.5. The lowest BCUT2D eigenvalue weighted by Gasteiger charge is -2.24. The van der Waals surface area contributed by atoms with E-state index in [9.17, 15) is 5.26 Å². The third-order valence-electron chi connectivity index (χ3n) is 13.2. The smallest absolute Gasteiger partial charge is 0.0954 e. The molecule has 2 heterocycles. The largest absolute Gasteiger partial charge is 0.391 e. The second-order valence-electron chi connectivity index (χ2n) is 17.0. The second-order valence-corrected chi connectivity index (χ2v) is 17.0. The van der Waals surface area contributed by atoms with Crippen LogP contribution in [0.4, 0.5) is 0 Å². The minimum Gasteiger partial charge on any atom is -0.391 e. The van der Waals surface area contributed by atoms with E-state index in [1.807, 2.05) is 6.21 Å². The maximum Gasteiger partial charge on any atom is 0.0954 e. The van der Waals surface area contributed by atoms with E-state index < -0.39 is 0 Å². The molecule has 5 aliphatic rings. The fourth-order valence-corrected chi connectivity index (χ4v) is 9.79. The van der Waals surface area contributed by atoms with Gasteiger partial charge in [-0.3, -0.25) is 4.99 Å². The highest BCUT2D eigenvalue weighted by Gasteiger charge is 2.22. The summed E-state index contributed by atoms with van der Waals surface area (Å²) < 4.78 is 2.42. The van der Waals surface area contributed by atoms with Crippen LogP contribution in [0.5, 0.6) is 0 Å². The summed E-state index contributed by atoms with van der Waals surface area (Å²) in [6.45, 7) is 5.28. The van der Waals surface area contributed by atoms with Gasteiger partial charge < -0.3 is 15.2 Å². The van der Waals surface area contributed by atoms with Gasteiger partial charge >= 0.3 is 0 Å². The Morgan fingerprint density at radius 3 is 2.69 bits per heavy atom. The molecule has 0 radical (unpaired) electrons. The van der Waals surface area contributed by atoms with Crippen molar-refractivity contribution in [3.8, 4) is 11.8 Å². The zero-order valence-electron chi connectivity index (χ0n) is 36.2. The molecule has 0 saturated heterocycles. The molecular formula is C57H57N5. The standard InChI is InChI=1S/C57H57N5/c1-3-41(4-2)54(28-24-40-30-32-59-33-31-40)60-39-47-26-25-44(35-48(47)38-58)42-14-12-16-46(34-42)51-20-8-10-22-55(51)61-49-17-13-15-43(36-49)45-27-29-57-53(37-45)52-21-9-11-23-56(52)62(57)50-18-6-5-7-19-50/h3,5-7,9-12,14-16,18-19,21-23,25-26,28-30,32,34,36-37,39-40,44-45,59,61H,4,8,13,17,20,24,27,31,33,35H2,1-2H3/b41-3+,54-28-,60-39?/t40-,44?,45?/m0/s1. The fraction of sp³-hybridized carbons (Fsp3) is 0.263. The lowest BCUT2D eigenvalue weighted by Crippen LogP contribution is -2.32. The van der Waals surface area contributed by atoms with Crippen LogP contribution in [0.1, 0.15) is 88.7 Å². The molecule has 0 spiro atoms. The van der Waals surface area contributed by atoms with Crippen LogP contribution in [0.3, 0.4) is 0 Å². The molecule has 0 amide bonds. The van der Waals surface area contributed by atoms with E-state index >= 15 is 0 Å². The number of aromatic nitrogens is 1. The zero-order valence-corrected chi connectivity index (χ0v) is 36.2. The number of fused-ring (bicyclic) bond motifs is 3. The summed E-state index contributed by atoms with van der Waals surface area (Å²) >= 11 is 0. The van der Waals surface area contributed by atoms with E-state index in [2.05, 4.69) is 187 Å². The Bertz CT molecular complexity index is 2840. The highest BCUT2D eigenvalue weighted by molar-refractivity contribution is 5.87. The van der Waals surface area contributed by atoms with Crippen LogP contribution in [0.2, 0.25) is 0 Å². The summed E-state index contributed by atoms with van der Waals surface area (Å²) in [6.07, 6.45) is 38.1. The topological polar surface area (TPSA) is 65.1 Å². The molecule has 0 saturated carbocycles. The van der Waals surface area contributed by atoms with Gasteiger partial charge in [0.05, 0.1) is 17.3 Å². The van der Waals surface area contributed by atoms with Crippen molar-refractivity contribution in [2.24, 2.45) is 16.8 Å². The molecule has 5 nitrogen and oxygen atoms in total. The highest BCUT2D eigenvalue weighted by Crippen LogP contribution is 2.36. The van der Waals surface area contributed by atoms with E-state index in [4.69, 9.17) is 4.99 Å². The van der Waals surface area contributed by atoms with Crippen LogP contribution in [0.25, 0.3) is 34.3 Å². The van der Waals surface area contributed by atoms with Gasteiger partial charge in [0.2, 0.25) is 0 Å². The van der Waals surface area contributed by atoms with Crippen molar-refractivity contribution < 1.29 is 0 Å². The Hall–Kier alpha value is -6.64. The highest BCUT2D eigenvalue weighted by atomic mass is 15.0. The summed E-state index contributed by atoms with van der Waals surface area (Å²) in [6, 6.07) is 31.1. The first kappa shape index (κ1) is 40.7. The van der Waals surface area contributed by atoms with Gasteiger partial charge in [-0.15, -0.1) is 0 Å². The number of allylic oxidation sites excluding steroid dienone is 15.